The Balaban J connectivity index is 1.19. The Labute approximate surface area is 223 Å². The molecule has 2 aromatic carbocycles. The van der Waals surface area contributed by atoms with E-state index in [1.165, 1.54) is 6.42 Å². The molecule has 2 N–H and O–H groups in total. The number of nitrogens with one attached hydrogen (secondary N) is 1. The Bertz CT molecular complexity index is 1570. The van der Waals surface area contributed by atoms with Crippen molar-refractivity contribution in [1.29, 1.82) is 0 Å². The van der Waals surface area contributed by atoms with Crippen LogP contribution < -0.4 is 5.32 Å². The number of aromatic nitrogens is 4. The van der Waals surface area contributed by atoms with Gasteiger partial charge in [-0.3, -0.25) is 9.20 Å². The molecule has 9 heteroatoms. The van der Waals surface area contributed by atoms with E-state index in [4.69, 9.17) is 11.6 Å². The van der Waals surface area contributed by atoms with Crippen molar-refractivity contribution >= 4 is 55.6 Å². The molecule has 0 saturated heterocycles. The highest BCUT2D eigenvalue weighted by molar-refractivity contribution is 7.22. The normalized spacial score (nSPS) is 15.3. The van der Waals surface area contributed by atoms with Gasteiger partial charge in [-0.15, -0.1) is 10.2 Å². The molecule has 0 spiro atoms. The Morgan fingerprint density at radius 3 is 2.65 bits per heavy atom. The molecule has 3 aromatic heterocycles. The lowest BCUT2D eigenvalue weighted by Gasteiger charge is -2.27. The smallest absolute Gasteiger partial charge is 0.307 e. The molecule has 37 heavy (non-hydrogen) atoms. The largest absolute Gasteiger partial charge is 0.481 e. The number of anilines is 2. The standard InChI is InChI=1S/C28H26ClN5O2S/c29-20-8-11-23-24(15-20)37-28(31-23)30-21-9-6-17(7-10-21)19-12-13-34-25(14-19)32-33-26(34)16-22(27(35)36)18-4-2-1-3-5-18/h6-15,18,22H,1-5,16H2,(H,30,31)(H,35,36). The number of hydrogen-bond donors (Lipinski definition) is 2. The number of rotatable bonds is 7. The zero-order chi connectivity index (χ0) is 25.4. The molecule has 0 amide bonds. The molecule has 1 atom stereocenters. The van der Waals surface area contributed by atoms with Crippen LogP contribution in [0.4, 0.5) is 10.8 Å². The second-order valence-corrected chi connectivity index (χ2v) is 11.1. The van der Waals surface area contributed by atoms with Crippen LogP contribution in [0.5, 0.6) is 0 Å². The van der Waals surface area contributed by atoms with Crippen LogP contribution in [0.3, 0.4) is 0 Å². The van der Waals surface area contributed by atoms with Crippen LogP contribution in [-0.2, 0) is 11.2 Å². The predicted octanol–water partition coefficient (Wildman–Crippen LogP) is 7.23. The summed E-state index contributed by atoms with van der Waals surface area (Å²) in [4.78, 5) is 16.7. The Kier molecular flexibility index (Phi) is 6.52. The third-order valence-electron chi connectivity index (χ3n) is 7.24. The van der Waals surface area contributed by atoms with Gasteiger partial charge in [0.2, 0.25) is 0 Å². The van der Waals surface area contributed by atoms with Crippen molar-refractivity contribution in [3.8, 4) is 11.1 Å². The summed E-state index contributed by atoms with van der Waals surface area (Å²) >= 11 is 7.66. The maximum absolute atomic E-state index is 12.0. The minimum absolute atomic E-state index is 0.213. The number of carboxylic acids is 1. The van der Waals surface area contributed by atoms with Crippen LogP contribution in [0.1, 0.15) is 37.9 Å². The Morgan fingerprint density at radius 1 is 1.05 bits per heavy atom. The fraction of sp³-hybridized carbons (Fsp3) is 0.286. The minimum atomic E-state index is -0.733. The molecular weight excluding hydrogens is 506 g/mol. The minimum Gasteiger partial charge on any atom is -0.481 e. The highest BCUT2D eigenvalue weighted by atomic mass is 35.5. The van der Waals surface area contributed by atoms with Gasteiger partial charge in [0.1, 0.15) is 5.82 Å². The first-order valence-corrected chi connectivity index (χ1v) is 13.7. The monoisotopic (exact) mass is 531 g/mol. The number of aliphatic carboxylic acids is 1. The Morgan fingerprint density at radius 2 is 1.86 bits per heavy atom. The SMILES string of the molecule is O=C(O)C(Cc1nnc2cc(-c3ccc(Nc4nc5ccc(Cl)cc5s4)cc3)ccn12)C1CCCCC1. The maximum Gasteiger partial charge on any atom is 0.307 e. The van der Waals surface area contributed by atoms with Crippen molar-refractivity contribution < 1.29 is 9.90 Å². The fourth-order valence-corrected chi connectivity index (χ4v) is 6.43. The average Bonchev–Trinajstić information content (AvgIpc) is 3.50. The molecule has 1 saturated carbocycles. The summed E-state index contributed by atoms with van der Waals surface area (Å²) in [5, 5.41) is 23.5. The van der Waals surface area contributed by atoms with Gasteiger partial charge in [0.25, 0.3) is 0 Å². The van der Waals surface area contributed by atoms with Gasteiger partial charge in [-0.25, -0.2) is 4.98 Å². The van der Waals surface area contributed by atoms with E-state index in [1.54, 1.807) is 11.3 Å². The molecule has 1 unspecified atom stereocenters. The summed E-state index contributed by atoms with van der Waals surface area (Å²) in [5.41, 5.74) is 4.66. The van der Waals surface area contributed by atoms with Crippen LogP contribution >= 0.6 is 22.9 Å². The van der Waals surface area contributed by atoms with Gasteiger partial charge in [0.05, 0.1) is 16.1 Å². The van der Waals surface area contributed by atoms with E-state index in [1.807, 2.05) is 53.1 Å². The summed E-state index contributed by atoms with van der Waals surface area (Å²) in [5.74, 6) is -0.231. The van der Waals surface area contributed by atoms with E-state index >= 15 is 0 Å². The third kappa shape index (κ3) is 5.04. The molecule has 5 aromatic rings. The molecule has 188 valence electrons. The number of benzene rings is 2. The third-order valence-corrected chi connectivity index (χ3v) is 8.41. The van der Waals surface area contributed by atoms with E-state index in [0.717, 1.165) is 63.5 Å². The van der Waals surface area contributed by atoms with Crippen molar-refractivity contribution in [2.24, 2.45) is 11.8 Å². The summed E-state index contributed by atoms with van der Waals surface area (Å²) < 4.78 is 2.96. The van der Waals surface area contributed by atoms with E-state index in [-0.39, 0.29) is 5.92 Å². The van der Waals surface area contributed by atoms with Crippen molar-refractivity contribution in [3.05, 3.63) is 71.6 Å². The summed E-state index contributed by atoms with van der Waals surface area (Å²) in [7, 11) is 0. The summed E-state index contributed by atoms with van der Waals surface area (Å²) in [6, 6.07) is 17.9. The molecule has 7 nitrogen and oxygen atoms in total. The van der Waals surface area contributed by atoms with Crippen molar-refractivity contribution in [2.45, 2.75) is 38.5 Å². The maximum atomic E-state index is 12.0. The highest BCUT2D eigenvalue weighted by Crippen LogP contribution is 2.33. The van der Waals surface area contributed by atoms with Crippen LogP contribution in [0.15, 0.2) is 60.8 Å². The molecule has 0 bridgehead atoms. The second-order valence-electron chi connectivity index (χ2n) is 9.64. The lowest BCUT2D eigenvalue weighted by atomic mass is 9.78. The number of carbonyl (C=O) groups is 1. The van der Waals surface area contributed by atoms with Gasteiger partial charge in [-0.05, 0) is 72.4 Å². The molecule has 1 aliphatic rings. The first kappa shape index (κ1) is 23.9. The first-order chi connectivity index (χ1) is 18.0. The van der Waals surface area contributed by atoms with Gasteiger partial charge in [-0.1, -0.05) is 54.3 Å². The number of nitrogens with zero attached hydrogens (tertiary/aromatic N) is 4. The number of thiazole rings is 1. The zero-order valence-corrected chi connectivity index (χ0v) is 21.7. The van der Waals surface area contributed by atoms with Gasteiger partial charge in [0, 0.05) is 23.3 Å². The molecular formula is C28H26ClN5O2S. The summed E-state index contributed by atoms with van der Waals surface area (Å²) in [6.07, 6.45) is 7.74. The quantitative estimate of drug-likeness (QED) is 0.230. The molecule has 6 rings (SSSR count). The topological polar surface area (TPSA) is 92.4 Å². The van der Waals surface area contributed by atoms with E-state index < -0.39 is 11.9 Å². The lowest BCUT2D eigenvalue weighted by molar-refractivity contribution is -0.144. The van der Waals surface area contributed by atoms with E-state index in [9.17, 15) is 9.90 Å². The molecule has 3 heterocycles. The lowest BCUT2D eigenvalue weighted by Crippen LogP contribution is -2.28. The number of carboxylic acid groups (broad SMARTS) is 1. The van der Waals surface area contributed by atoms with Gasteiger partial charge >= 0.3 is 5.97 Å². The zero-order valence-electron chi connectivity index (χ0n) is 20.1. The number of fused-ring (bicyclic) bond motifs is 2. The van der Waals surface area contributed by atoms with Gasteiger partial charge in [0.15, 0.2) is 10.8 Å². The summed E-state index contributed by atoms with van der Waals surface area (Å²) in [6.45, 7) is 0. The predicted molar refractivity (Wildman–Crippen MR) is 148 cm³/mol. The van der Waals surface area contributed by atoms with Crippen molar-refractivity contribution in [3.63, 3.8) is 0 Å². The average molecular weight is 532 g/mol. The van der Waals surface area contributed by atoms with Gasteiger partial charge < -0.3 is 10.4 Å². The number of pyridine rings is 1. The highest BCUT2D eigenvalue weighted by Gasteiger charge is 2.31. The molecule has 0 aliphatic heterocycles. The fourth-order valence-electron chi connectivity index (χ4n) is 5.27. The van der Waals surface area contributed by atoms with E-state index in [2.05, 4.69) is 32.6 Å². The molecule has 1 aliphatic carbocycles. The van der Waals surface area contributed by atoms with E-state index in [0.29, 0.717) is 17.3 Å². The van der Waals surface area contributed by atoms with Crippen molar-refractivity contribution in [2.75, 3.05) is 5.32 Å². The number of hydrogen-bond acceptors (Lipinski definition) is 6. The van der Waals surface area contributed by atoms with Crippen LogP contribution in [0, 0.1) is 11.8 Å². The van der Waals surface area contributed by atoms with Crippen LogP contribution in [0.2, 0.25) is 5.02 Å². The molecule has 0 radical (unpaired) electrons. The van der Waals surface area contributed by atoms with Crippen molar-refractivity contribution in [1.82, 2.24) is 19.6 Å². The first-order valence-electron chi connectivity index (χ1n) is 12.5. The molecule has 1 fully saturated rings. The van der Waals surface area contributed by atoms with Crippen LogP contribution in [0.25, 0.3) is 27.0 Å². The van der Waals surface area contributed by atoms with Gasteiger partial charge in [-0.2, -0.15) is 0 Å². The van der Waals surface area contributed by atoms with Crippen LogP contribution in [-0.4, -0.2) is 30.7 Å². The second kappa shape index (κ2) is 10.1. The number of halogens is 1. The Hall–Kier alpha value is -3.49.